The van der Waals surface area contributed by atoms with Crippen LogP contribution < -0.4 is 9.47 Å². The summed E-state index contributed by atoms with van der Waals surface area (Å²) in [6.45, 7) is 3.22. The van der Waals surface area contributed by atoms with Crippen molar-refractivity contribution in [1.82, 2.24) is 0 Å². The summed E-state index contributed by atoms with van der Waals surface area (Å²) in [5.74, 6) is 0.830. The van der Waals surface area contributed by atoms with Gasteiger partial charge in [-0.2, -0.15) is 0 Å². The van der Waals surface area contributed by atoms with Crippen LogP contribution in [0.15, 0.2) is 16.6 Å². The maximum Gasteiger partial charge on any atom is 0.175 e. The lowest BCUT2D eigenvalue weighted by molar-refractivity contribution is 0.278. The van der Waals surface area contributed by atoms with Gasteiger partial charge in [-0.05, 0) is 47.5 Å². The SMILES string of the molecule is COc1cc(CO)cc(Br)c1OCCS(=O)(=O)C(C)C. The fraction of sp³-hybridized carbons (Fsp3) is 0.538. The maximum absolute atomic E-state index is 11.7. The Morgan fingerprint density at radius 1 is 1.35 bits per heavy atom. The Hall–Kier alpha value is -0.790. The summed E-state index contributed by atoms with van der Waals surface area (Å²) in [5, 5.41) is 8.70. The second-order valence-corrected chi connectivity index (χ2v) is 8.06. The van der Waals surface area contributed by atoms with Gasteiger partial charge in [0.2, 0.25) is 0 Å². The zero-order valence-electron chi connectivity index (χ0n) is 11.7. The molecular weight excluding hydrogens is 348 g/mol. The number of rotatable bonds is 7. The molecule has 0 amide bonds. The molecule has 0 spiro atoms. The third-order valence-corrected chi connectivity index (χ3v) is 5.57. The van der Waals surface area contributed by atoms with Crippen molar-refractivity contribution >= 4 is 25.8 Å². The molecule has 0 aromatic heterocycles. The van der Waals surface area contributed by atoms with Crippen molar-refractivity contribution in [2.45, 2.75) is 25.7 Å². The normalized spacial score (nSPS) is 11.7. The summed E-state index contributed by atoms with van der Waals surface area (Å²) < 4.78 is 34.7. The van der Waals surface area contributed by atoms with Crippen molar-refractivity contribution in [3.05, 3.63) is 22.2 Å². The molecule has 0 fully saturated rings. The fourth-order valence-corrected chi connectivity index (χ4v) is 2.89. The second kappa shape index (κ2) is 7.28. The third-order valence-electron chi connectivity index (χ3n) is 2.80. The molecule has 20 heavy (non-hydrogen) atoms. The predicted octanol–water partition coefficient (Wildman–Crippen LogP) is 2.15. The molecule has 0 unspecified atom stereocenters. The van der Waals surface area contributed by atoms with E-state index < -0.39 is 15.1 Å². The Balaban J connectivity index is 2.83. The van der Waals surface area contributed by atoms with Crippen molar-refractivity contribution in [1.29, 1.82) is 0 Å². The number of methoxy groups -OCH3 is 1. The molecule has 1 aromatic carbocycles. The van der Waals surface area contributed by atoms with Gasteiger partial charge in [0.25, 0.3) is 0 Å². The van der Waals surface area contributed by atoms with E-state index in [2.05, 4.69) is 15.9 Å². The topological polar surface area (TPSA) is 72.8 Å². The molecule has 7 heteroatoms. The summed E-state index contributed by atoms with van der Waals surface area (Å²) >= 11 is 3.32. The molecule has 0 saturated heterocycles. The van der Waals surface area contributed by atoms with Crippen LogP contribution in [0.5, 0.6) is 11.5 Å². The Bertz CT molecular complexity index is 554. The molecule has 0 saturated carbocycles. The van der Waals surface area contributed by atoms with Gasteiger partial charge >= 0.3 is 0 Å². The zero-order valence-corrected chi connectivity index (χ0v) is 14.1. The second-order valence-electron chi connectivity index (χ2n) is 4.53. The molecule has 0 radical (unpaired) electrons. The average molecular weight is 367 g/mol. The third kappa shape index (κ3) is 4.36. The van der Waals surface area contributed by atoms with E-state index in [1.807, 2.05) is 0 Å². The summed E-state index contributed by atoms with van der Waals surface area (Å²) in [6.07, 6.45) is 0. The number of halogens is 1. The molecule has 0 aliphatic rings. The number of ether oxygens (including phenoxy) is 2. The van der Waals surface area contributed by atoms with Crippen molar-refractivity contribution in [2.75, 3.05) is 19.5 Å². The minimum absolute atomic E-state index is 0.0495. The average Bonchev–Trinajstić information content (AvgIpc) is 2.39. The quantitative estimate of drug-likeness (QED) is 0.800. The molecule has 1 rings (SSSR count). The first-order valence-corrected chi connectivity index (χ1v) is 8.64. The Morgan fingerprint density at radius 2 is 2.00 bits per heavy atom. The van der Waals surface area contributed by atoms with E-state index in [1.54, 1.807) is 26.0 Å². The Morgan fingerprint density at radius 3 is 2.50 bits per heavy atom. The lowest BCUT2D eigenvalue weighted by atomic mass is 10.2. The highest BCUT2D eigenvalue weighted by Crippen LogP contribution is 2.36. The summed E-state index contributed by atoms with van der Waals surface area (Å²) in [4.78, 5) is 0. The van der Waals surface area contributed by atoms with Crippen LogP contribution in [-0.2, 0) is 16.4 Å². The van der Waals surface area contributed by atoms with Crippen LogP contribution in [0.25, 0.3) is 0 Å². The van der Waals surface area contributed by atoms with Gasteiger partial charge in [-0.15, -0.1) is 0 Å². The summed E-state index contributed by atoms with van der Waals surface area (Å²) in [5.41, 5.74) is 0.677. The lowest BCUT2D eigenvalue weighted by Gasteiger charge is -2.14. The van der Waals surface area contributed by atoms with Crippen LogP contribution in [0, 0.1) is 0 Å². The Labute approximate surface area is 128 Å². The number of aliphatic hydroxyl groups excluding tert-OH is 1. The molecule has 0 aliphatic heterocycles. The first-order chi connectivity index (χ1) is 9.31. The van der Waals surface area contributed by atoms with Gasteiger partial charge in [0.05, 0.1) is 29.2 Å². The van der Waals surface area contributed by atoms with Crippen LogP contribution in [0.2, 0.25) is 0 Å². The van der Waals surface area contributed by atoms with Crippen molar-refractivity contribution in [2.24, 2.45) is 0 Å². The number of benzene rings is 1. The van der Waals surface area contributed by atoms with E-state index in [-0.39, 0.29) is 19.0 Å². The number of sulfone groups is 1. The van der Waals surface area contributed by atoms with Gasteiger partial charge in [0.15, 0.2) is 21.3 Å². The number of aliphatic hydroxyl groups is 1. The fourth-order valence-electron chi connectivity index (χ4n) is 1.50. The van der Waals surface area contributed by atoms with Crippen LogP contribution in [0.1, 0.15) is 19.4 Å². The smallest absolute Gasteiger partial charge is 0.175 e. The molecule has 0 heterocycles. The number of hydrogen-bond acceptors (Lipinski definition) is 5. The first-order valence-electron chi connectivity index (χ1n) is 6.13. The van der Waals surface area contributed by atoms with Crippen LogP contribution in [-0.4, -0.2) is 38.2 Å². The van der Waals surface area contributed by atoms with Gasteiger partial charge in [0, 0.05) is 0 Å². The summed E-state index contributed by atoms with van der Waals surface area (Å²) in [7, 11) is -1.65. The van der Waals surface area contributed by atoms with E-state index in [0.717, 1.165) is 0 Å². The van der Waals surface area contributed by atoms with Crippen LogP contribution in [0.3, 0.4) is 0 Å². The highest BCUT2D eigenvalue weighted by molar-refractivity contribution is 9.10. The van der Waals surface area contributed by atoms with Gasteiger partial charge in [-0.3, -0.25) is 0 Å². The lowest BCUT2D eigenvalue weighted by Crippen LogP contribution is -2.22. The molecule has 114 valence electrons. The van der Waals surface area contributed by atoms with E-state index >= 15 is 0 Å². The molecule has 0 aliphatic carbocycles. The molecule has 0 bridgehead atoms. The van der Waals surface area contributed by atoms with E-state index in [0.29, 0.717) is 21.5 Å². The molecule has 1 N–H and O–H groups in total. The summed E-state index contributed by atoms with van der Waals surface area (Å²) in [6, 6.07) is 3.35. The van der Waals surface area contributed by atoms with E-state index in [1.165, 1.54) is 7.11 Å². The molecule has 5 nitrogen and oxygen atoms in total. The number of hydrogen-bond donors (Lipinski definition) is 1. The molecule has 1 aromatic rings. The largest absolute Gasteiger partial charge is 0.493 e. The molecule has 0 atom stereocenters. The van der Waals surface area contributed by atoms with Crippen molar-refractivity contribution in [3.8, 4) is 11.5 Å². The first kappa shape index (κ1) is 17.3. The van der Waals surface area contributed by atoms with Crippen LogP contribution in [0.4, 0.5) is 0 Å². The van der Waals surface area contributed by atoms with Crippen molar-refractivity contribution < 1.29 is 23.0 Å². The van der Waals surface area contributed by atoms with E-state index in [4.69, 9.17) is 14.6 Å². The minimum Gasteiger partial charge on any atom is -0.493 e. The monoisotopic (exact) mass is 366 g/mol. The minimum atomic E-state index is -3.13. The standard InChI is InChI=1S/C13H19BrO5S/c1-9(2)20(16,17)5-4-19-13-11(14)6-10(8-15)7-12(13)18-3/h6-7,9,15H,4-5,8H2,1-3H3. The Kier molecular flexibility index (Phi) is 6.29. The zero-order chi connectivity index (χ0) is 15.3. The van der Waals surface area contributed by atoms with Gasteiger partial charge in [-0.25, -0.2) is 8.42 Å². The maximum atomic E-state index is 11.7. The van der Waals surface area contributed by atoms with E-state index in [9.17, 15) is 8.42 Å². The van der Waals surface area contributed by atoms with Gasteiger partial charge < -0.3 is 14.6 Å². The van der Waals surface area contributed by atoms with Gasteiger partial charge in [-0.1, -0.05) is 0 Å². The highest BCUT2D eigenvalue weighted by atomic mass is 79.9. The van der Waals surface area contributed by atoms with Gasteiger partial charge in [0.1, 0.15) is 6.61 Å². The van der Waals surface area contributed by atoms with Crippen molar-refractivity contribution in [3.63, 3.8) is 0 Å². The molecular formula is C13H19BrO5S. The highest BCUT2D eigenvalue weighted by Gasteiger charge is 2.17. The van der Waals surface area contributed by atoms with Crippen LogP contribution >= 0.6 is 15.9 Å². The predicted molar refractivity (Wildman–Crippen MR) is 81.0 cm³/mol.